The highest BCUT2D eigenvalue weighted by Gasteiger charge is 2.32. The van der Waals surface area contributed by atoms with E-state index in [0.29, 0.717) is 38.9 Å². The molecule has 0 aliphatic heterocycles. The maximum Gasteiger partial charge on any atom is 0.305 e. The Hall–Kier alpha value is -2.36. The minimum atomic E-state index is -1.89. The van der Waals surface area contributed by atoms with Crippen LogP contribution in [0.25, 0.3) is 0 Å². The Morgan fingerprint density at radius 2 is 0.705 bits per heavy atom. The molecular weight excluding hydrogens is 584 g/mol. The normalized spacial score (nSPS) is 13.9. The number of carbonyl (C=O) groups excluding carboxylic acids is 4. The third-order valence-electron chi connectivity index (χ3n) is 6.62. The molecule has 44 heavy (non-hydrogen) atoms. The van der Waals surface area contributed by atoms with Gasteiger partial charge in [0, 0.05) is 38.9 Å². The molecule has 0 aliphatic rings. The molecule has 0 amide bonds. The van der Waals surface area contributed by atoms with Gasteiger partial charge in [0.05, 0.1) is 13.2 Å². The molecule has 0 heterocycles. The van der Waals surface area contributed by atoms with Crippen LogP contribution in [0.3, 0.4) is 0 Å². The second kappa shape index (κ2) is 28.1. The molecule has 0 saturated carbocycles. The molecule has 0 aromatic heterocycles. The van der Waals surface area contributed by atoms with Crippen molar-refractivity contribution in [1.82, 2.24) is 0 Å². The molecule has 0 rings (SSSR count). The molecule has 3 unspecified atom stereocenters. The molecule has 0 spiro atoms. The predicted octanol–water partition coefficient (Wildman–Crippen LogP) is 0.829. The van der Waals surface area contributed by atoms with Crippen LogP contribution < -0.4 is 0 Å². The molecular formula is C30H54O14. The van der Waals surface area contributed by atoms with E-state index in [-0.39, 0.29) is 50.8 Å². The van der Waals surface area contributed by atoms with Crippen LogP contribution in [-0.4, -0.2) is 119 Å². The van der Waals surface area contributed by atoms with Crippen molar-refractivity contribution in [1.29, 1.82) is 0 Å². The molecule has 258 valence electrons. The van der Waals surface area contributed by atoms with E-state index in [9.17, 15) is 39.6 Å². The van der Waals surface area contributed by atoms with Crippen molar-refractivity contribution in [3.63, 3.8) is 0 Å². The maximum atomic E-state index is 11.9. The quantitative estimate of drug-likeness (QED) is 0.0379. The van der Waals surface area contributed by atoms with Gasteiger partial charge in [-0.05, 0) is 64.2 Å². The smallest absolute Gasteiger partial charge is 0.305 e. The van der Waals surface area contributed by atoms with Crippen LogP contribution in [0.2, 0.25) is 0 Å². The first-order chi connectivity index (χ1) is 21.1. The summed E-state index contributed by atoms with van der Waals surface area (Å²) in [7, 11) is 0. The number of unbranched alkanes of at least 4 members (excludes halogenated alkanes) is 8. The Kier molecular flexibility index (Phi) is 26.6. The zero-order valence-electron chi connectivity index (χ0n) is 25.8. The number of ether oxygens (including phenoxy) is 4. The van der Waals surface area contributed by atoms with Gasteiger partial charge in [0.15, 0.2) is 0 Å². The first-order valence-corrected chi connectivity index (χ1v) is 15.7. The van der Waals surface area contributed by atoms with Gasteiger partial charge < -0.3 is 49.6 Å². The lowest BCUT2D eigenvalue weighted by molar-refractivity contribution is -0.162. The topological polar surface area (TPSA) is 227 Å². The zero-order chi connectivity index (χ0) is 33.0. The third kappa shape index (κ3) is 24.0. The highest BCUT2D eigenvalue weighted by Crippen LogP contribution is 2.10. The fourth-order valence-electron chi connectivity index (χ4n) is 3.88. The van der Waals surface area contributed by atoms with Crippen molar-refractivity contribution in [2.45, 2.75) is 127 Å². The molecule has 0 aromatic carbocycles. The number of rotatable bonds is 29. The molecule has 0 radical (unpaired) electrons. The first-order valence-electron chi connectivity index (χ1n) is 15.7. The van der Waals surface area contributed by atoms with E-state index >= 15 is 0 Å². The average molecular weight is 639 g/mol. The first kappa shape index (κ1) is 41.6. The molecule has 14 heteroatoms. The van der Waals surface area contributed by atoms with Gasteiger partial charge in [-0.2, -0.15) is 0 Å². The maximum absolute atomic E-state index is 11.9. The summed E-state index contributed by atoms with van der Waals surface area (Å²) in [5.74, 6) is -2.10. The van der Waals surface area contributed by atoms with Crippen molar-refractivity contribution < 1.29 is 68.8 Å². The van der Waals surface area contributed by atoms with Gasteiger partial charge in [-0.15, -0.1) is 0 Å². The molecule has 0 aromatic rings. The van der Waals surface area contributed by atoms with Gasteiger partial charge in [0.2, 0.25) is 0 Å². The summed E-state index contributed by atoms with van der Waals surface area (Å²) in [6.45, 7) is -0.381. The Labute approximate surface area is 259 Å². The van der Waals surface area contributed by atoms with E-state index < -0.39 is 49.6 Å². The van der Waals surface area contributed by atoms with Gasteiger partial charge in [-0.1, -0.05) is 12.8 Å². The minimum absolute atomic E-state index is 0.0360. The van der Waals surface area contributed by atoms with Crippen LogP contribution in [-0.2, 0) is 38.1 Å². The van der Waals surface area contributed by atoms with Gasteiger partial charge in [0.25, 0.3) is 0 Å². The van der Waals surface area contributed by atoms with E-state index in [0.717, 1.165) is 51.4 Å². The third-order valence-corrected chi connectivity index (χ3v) is 6.62. The van der Waals surface area contributed by atoms with E-state index in [1.165, 1.54) is 0 Å². The summed E-state index contributed by atoms with van der Waals surface area (Å²) in [5.41, 5.74) is 0. The molecule has 0 aliphatic carbocycles. The largest absolute Gasteiger partial charge is 0.466 e. The Bertz CT molecular complexity index is 700. The lowest BCUT2D eigenvalue weighted by Gasteiger charge is -2.26. The monoisotopic (exact) mass is 638 g/mol. The Morgan fingerprint density at radius 3 is 1.02 bits per heavy atom. The van der Waals surface area contributed by atoms with Crippen LogP contribution in [0, 0.1) is 0 Å². The van der Waals surface area contributed by atoms with Gasteiger partial charge in [0.1, 0.15) is 37.6 Å². The van der Waals surface area contributed by atoms with Crippen LogP contribution in [0.4, 0.5) is 0 Å². The van der Waals surface area contributed by atoms with Crippen molar-refractivity contribution in [3.8, 4) is 0 Å². The number of esters is 4. The lowest BCUT2D eigenvalue weighted by Crippen LogP contribution is -2.48. The molecule has 0 fully saturated rings. The predicted molar refractivity (Wildman–Crippen MR) is 156 cm³/mol. The van der Waals surface area contributed by atoms with Crippen molar-refractivity contribution in [2.75, 3.05) is 39.6 Å². The zero-order valence-corrected chi connectivity index (χ0v) is 25.8. The number of hydrogen-bond acceptors (Lipinski definition) is 14. The molecule has 6 N–H and O–H groups in total. The summed E-state index contributed by atoms with van der Waals surface area (Å²) in [6, 6.07) is 0. The molecule has 4 atom stereocenters. The molecule has 0 bridgehead atoms. The van der Waals surface area contributed by atoms with Crippen LogP contribution in [0.15, 0.2) is 0 Å². The summed E-state index contributed by atoms with van der Waals surface area (Å²) in [5, 5.41) is 57.6. The second-order valence-corrected chi connectivity index (χ2v) is 10.6. The van der Waals surface area contributed by atoms with E-state index in [1.54, 1.807) is 0 Å². The fourth-order valence-corrected chi connectivity index (χ4v) is 3.88. The summed E-state index contributed by atoms with van der Waals surface area (Å²) in [6.07, 6.45) is 0.814. The van der Waals surface area contributed by atoms with Crippen LogP contribution in [0.1, 0.15) is 103 Å². The van der Waals surface area contributed by atoms with Gasteiger partial charge >= 0.3 is 23.9 Å². The van der Waals surface area contributed by atoms with Crippen LogP contribution >= 0.6 is 0 Å². The number of carbonyl (C=O) groups is 4. The number of hydrogen-bond donors (Lipinski definition) is 6. The van der Waals surface area contributed by atoms with Crippen molar-refractivity contribution in [3.05, 3.63) is 0 Å². The Morgan fingerprint density at radius 1 is 0.409 bits per heavy atom. The summed E-state index contributed by atoms with van der Waals surface area (Å²) >= 11 is 0. The van der Waals surface area contributed by atoms with E-state index in [2.05, 4.69) is 0 Å². The highest BCUT2D eigenvalue weighted by atomic mass is 16.6. The van der Waals surface area contributed by atoms with Crippen molar-refractivity contribution in [2.24, 2.45) is 0 Å². The molecule has 14 nitrogen and oxygen atoms in total. The number of aliphatic hydroxyl groups excluding tert-OH is 6. The van der Waals surface area contributed by atoms with E-state index in [1.807, 2.05) is 0 Å². The Balaban J connectivity index is 3.96. The molecule has 0 saturated heterocycles. The van der Waals surface area contributed by atoms with E-state index in [4.69, 9.17) is 29.2 Å². The van der Waals surface area contributed by atoms with Gasteiger partial charge in [-0.3, -0.25) is 19.2 Å². The highest BCUT2D eigenvalue weighted by molar-refractivity contribution is 5.71. The standard InChI is InChI=1S/C30H54O14/c31-17-9-1-3-11-19-41-25(35)13-5-7-15-27(37)43-21-23(33)29(39)30(40)24(34)22-44-28(38)16-8-6-14-26(36)42-20-12-4-2-10-18-32/h23-24,29-34,39-40H,1-22H2/t23-,24?,29?,30?/m1/s1. The fraction of sp³-hybridized carbons (Fsp3) is 0.867. The number of aliphatic hydroxyl groups is 6. The van der Waals surface area contributed by atoms with Crippen molar-refractivity contribution >= 4 is 23.9 Å². The lowest BCUT2D eigenvalue weighted by atomic mass is 10.0. The summed E-state index contributed by atoms with van der Waals surface area (Å²) < 4.78 is 19.9. The van der Waals surface area contributed by atoms with Crippen LogP contribution in [0.5, 0.6) is 0 Å². The summed E-state index contributed by atoms with van der Waals surface area (Å²) in [4.78, 5) is 47.1. The van der Waals surface area contributed by atoms with Gasteiger partial charge in [-0.25, -0.2) is 0 Å². The average Bonchev–Trinajstić information content (AvgIpc) is 3.01. The second-order valence-electron chi connectivity index (χ2n) is 10.6. The SMILES string of the molecule is O=C(CCCCC(=O)OCC(O)C(O)C(O)[C@H](O)COC(=O)CCCCC(=O)OCCCCCCO)OCCCCCCO. The minimum Gasteiger partial charge on any atom is -0.466 e.